The van der Waals surface area contributed by atoms with Crippen molar-refractivity contribution in [3.8, 4) is 0 Å². The number of H-pyrrole nitrogens is 1. The van der Waals surface area contributed by atoms with E-state index in [1.165, 1.54) is 17.2 Å². The standard InChI is InChI=1S/C15H17FN2.BrH/c1-10-7-11(5-6-18(10)2)14-9-17-15-8-12(16)3-4-13(14)15;/h3-5,8-10,17H,6-7H2,1-2H3;1H. The maximum absolute atomic E-state index is 13.2. The van der Waals surface area contributed by atoms with E-state index in [0.29, 0.717) is 6.04 Å². The van der Waals surface area contributed by atoms with Gasteiger partial charge in [-0.3, -0.25) is 4.90 Å². The van der Waals surface area contributed by atoms with Crippen molar-refractivity contribution in [1.82, 2.24) is 9.88 Å². The zero-order valence-corrected chi connectivity index (χ0v) is 12.8. The molecule has 2 aromatic rings. The molecule has 0 bridgehead atoms. The molecule has 102 valence electrons. The summed E-state index contributed by atoms with van der Waals surface area (Å²) in [6.45, 7) is 3.21. The third-order valence-electron chi connectivity index (χ3n) is 3.88. The molecule has 0 aliphatic carbocycles. The van der Waals surface area contributed by atoms with Crippen molar-refractivity contribution in [2.45, 2.75) is 19.4 Å². The number of fused-ring (bicyclic) bond motifs is 1. The number of nitrogens with one attached hydrogen (secondary N) is 1. The third kappa shape index (κ3) is 2.60. The summed E-state index contributed by atoms with van der Waals surface area (Å²) in [6.07, 6.45) is 5.31. The predicted molar refractivity (Wildman–Crippen MR) is 83.3 cm³/mol. The number of aromatic nitrogens is 1. The number of aromatic amines is 1. The molecule has 1 aliphatic heterocycles. The molecule has 1 aromatic carbocycles. The van der Waals surface area contributed by atoms with E-state index in [4.69, 9.17) is 0 Å². The minimum Gasteiger partial charge on any atom is -0.360 e. The Morgan fingerprint density at radius 2 is 2.16 bits per heavy atom. The van der Waals surface area contributed by atoms with Crippen LogP contribution in [0.5, 0.6) is 0 Å². The zero-order valence-electron chi connectivity index (χ0n) is 11.1. The summed E-state index contributed by atoms with van der Waals surface area (Å²) in [4.78, 5) is 5.49. The number of likely N-dealkylation sites (N-methyl/N-ethyl adjacent to an activating group) is 1. The Hall–Kier alpha value is -1.13. The van der Waals surface area contributed by atoms with Gasteiger partial charge in [0.25, 0.3) is 0 Å². The SMILES string of the molecule is Br.CC1CC(c2c[nH]c3cc(F)ccc23)=CCN1C. The van der Waals surface area contributed by atoms with E-state index >= 15 is 0 Å². The highest BCUT2D eigenvalue weighted by molar-refractivity contribution is 8.93. The zero-order chi connectivity index (χ0) is 12.7. The van der Waals surface area contributed by atoms with Gasteiger partial charge in [0.05, 0.1) is 0 Å². The summed E-state index contributed by atoms with van der Waals surface area (Å²) in [5.74, 6) is -0.193. The fraction of sp³-hybridized carbons (Fsp3) is 0.333. The van der Waals surface area contributed by atoms with Crippen molar-refractivity contribution < 1.29 is 4.39 Å². The van der Waals surface area contributed by atoms with Gasteiger partial charge in [0, 0.05) is 35.2 Å². The van der Waals surface area contributed by atoms with Crippen LogP contribution in [0.2, 0.25) is 0 Å². The van der Waals surface area contributed by atoms with Gasteiger partial charge in [-0.2, -0.15) is 0 Å². The summed E-state index contributed by atoms with van der Waals surface area (Å²) >= 11 is 0. The highest BCUT2D eigenvalue weighted by Gasteiger charge is 2.18. The number of rotatable bonds is 1. The van der Waals surface area contributed by atoms with Crippen LogP contribution in [0.25, 0.3) is 16.5 Å². The largest absolute Gasteiger partial charge is 0.360 e. The van der Waals surface area contributed by atoms with Gasteiger partial charge in [-0.1, -0.05) is 6.08 Å². The molecule has 19 heavy (non-hydrogen) atoms. The number of benzene rings is 1. The van der Waals surface area contributed by atoms with Crippen LogP contribution in [0, 0.1) is 5.82 Å². The summed E-state index contributed by atoms with van der Waals surface area (Å²) < 4.78 is 13.2. The molecule has 0 spiro atoms. The van der Waals surface area contributed by atoms with E-state index in [1.807, 2.05) is 12.3 Å². The minimum absolute atomic E-state index is 0. The van der Waals surface area contributed by atoms with Crippen LogP contribution in [0.3, 0.4) is 0 Å². The molecule has 4 heteroatoms. The highest BCUT2D eigenvalue weighted by atomic mass is 79.9. The molecule has 1 atom stereocenters. The molecule has 2 nitrogen and oxygen atoms in total. The van der Waals surface area contributed by atoms with Gasteiger partial charge in [-0.05, 0) is 44.2 Å². The Kier molecular flexibility index (Phi) is 4.11. The lowest BCUT2D eigenvalue weighted by Gasteiger charge is -2.29. The fourth-order valence-electron chi connectivity index (χ4n) is 2.58. The second-order valence-electron chi connectivity index (χ2n) is 5.11. The topological polar surface area (TPSA) is 19.0 Å². The summed E-state index contributed by atoms with van der Waals surface area (Å²) in [6, 6.07) is 5.49. The highest BCUT2D eigenvalue weighted by Crippen LogP contribution is 2.31. The smallest absolute Gasteiger partial charge is 0.125 e. The van der Waals surface area contributed by atoms with E-state index in [2.05, 4.69) is 29.9 Å². The van der Waals surface area contributed by atoms with E-state index in [9.17, 15) is 4.39 Å². The van der Waals surface area contributed by atoms with Crippen molar-refractivity contribution in [1.29, 1.82) is 0 Å². The maximum Gasteiger partial charge on any atom is 0.125 e. The van der Waals surface area contributed by atoms with Crippen LogP contribution in [-0.4, -0.2) is 29.5 Å². The summed E-state index contributed by atoms with van der Waals surface area (Å²) in [5, 5.41) is 1.11. The van der Waals surface area contributed by atoms with Gasteiger partial charge in [0.15, 0.2) is 0 Å². The first-order valence-electron chi connectivity index (χ1n) is 6.31. The van der Waals surface area contributed by atoms with Gasteiger partial charge < -0.3 is 4.98 Å². The van der Waals surface area contributed by atoms with E-state index in [-0.39, 0.29) is 22.8 Å². The average Bonchev–Trinajstić information content (AvgIpc) is 2.75. The Balaban J connectivity index is 0.00000133. The first-order valence-corrected chi connectivity index (χ1v) is 6.31. The fourth-order valence-corrected chi connectivity index (χ4v) is 2.58. The van der Waals surface area contributed by atoms with Crippen molar-refractivity contribution in [2.75, 3.05) is 13.6 Å². The van der Waals surface area contributed by atoms with Crippen molar-refractivity contribution in [2.24, 2.45) is 0 Å². The molecule has 1 N–H and O–H groups in total. The lowest BCUT2D eigenvalue weighted by molar-refractivity contribution is 0.279. The van der Waals surface area contributed by atoms with Gasteiger partial charge in [0.1, 0.15) is 5.82 Å². The molecule has 0 saturated carbocycles. The Morgan fingerprint density at radius 1 is 1.37 bits per heavy atom. The lowest BCUT2D eigenvalue weighted by Crippen LogP contribution is -2.32. The molecule has 3 rings (SSSR count). The van der Waals surface area contributed by atoms with Crippen molar-refractivity contribution >= 4 is 33.5 Å². The van der Waals surface area contributed by atoms with Gasteiger partial charge in [-0.25, -0.2) is 4.39 Å². The van der Waals surface area contributed by atoms with Crippen molar-refractivity contribution in [3.05, 3.63) is 41.9 Å². The van der Waals surface area contributed by atoms with Gasteiger partial charge in [-0.15, -0.1) is 17.0 Å². The van der Waals surface area contributed by atoms with E-state index in [0.717, 1.165) is 23.9 Å². The molecule has 2 heterocycles. The number of halogens is 2. The molecular formula is C15H18BrFN2. The molecule has 0 radical (unpaired) electrons. The van der Waals surface area contributed by atoms with Crippen LogP contribution in [0.4, 0.5) is 4.39 Å². The lowest BCUT2D eigenvalue weighted by atomic mass is 9.95. The summed E-state index contributed by atoms with van der Waals surface area (Å²) in [7, 11) is 2.14. The Labute approximate surface area is 123 Å². The minimum atomic E-state index is -0.193. The van der Waals surface area contributed by atoms with Crippen LogP contribution in [-0.2, 0) is 0 Å². The number of hydrogen-bond acceptors (Lipinski definition) is 1. The second-order valence-corrected chi connectivity index (χ2v) is 5.11. The van der Waals surface area contributed by atoms with Gasteiger partial charge in [0.2, 0.25) is 0 Å². The molecule has 0 fully saturated rings. The first kappa shape index (κ1) is 14.3. The molecule has 0 saturated heterocycles. The van der Waals surface area contributed by atoms with Crippen LogP contribution >= 0.6 is 17.0 Å². The van der Waals surface area contributed by atoms with Crippen LogP contribution in [0.1, 0.15) is 18.9 Å². The summed E-state index contributed by atoms with van der Waals surface area (Å²) in [5.41, 5.74) is 3.45. The first-order chi connectivity index (χ1) is 8.65. The Bertz CT molecular complexity index is 618. The monoisotopic (exact) mass is 324 g/mol. The number of hydrogen-bond donors (Lipinski definition) is 1. The molecule has 1 aromatic heterocycles. The van der Waals surface area contributed by atoms with E-state index < -0.39 is 0 Å². The Morgan fingerprint density at radius 3 is 2.89 bits per heavy atom. The van der Waals surface area contributed by atoms with Crippen molar-refractivity contribution in [3.63, 3.8) is 0 Å². The molecule has 1 aliphatic rings. The molecule has 0 amide bonds. The third-order valence-corrected chi connectivity index (χ3v) is 3.88. The quantitative estimate of drug-likeness (QED) is 0.840. The predicted octanol–water partition coefficient (Wildman–Crippen LogP) is 3.99. The van der Waals surface area contributed by atoms with E-state index in [1.54, 1.807) is 6.07 Å². The second kappa shape index (κ2) is 5.47. The number of nitrogens with zero attached hydrogens (tertiary/aromatic N) is 1. The normalized spacial score (nSPS) is 20.2. The van der Waals surface area contributed by atoms with Crippen LogP contribution in [0.15, 0.2) is 30.5 Å². The molecular weight excluding hydrogens is 307 g/mol. The van der Waals surface area contributed by atoms with Gasteiger partial charge >= 0.3 is 0 Å². The maximum atomic E-state index is 13.2. The average molecular weight is 325 g/mol. The van der Waals surface area contributed by atoms with Crippen LogP contribution < -0.4 is 0 Å². The molecule has 1 unspecified atom stereocenters.